The number of hydrogen-bond donors (Lipinski definition) is 4. The molecule has 1 aromatic carbocycles. The van der Waals surface area contributed by atoms with Gasteiger partial charge in [0.05, 0.1) is 10.7 Å². The third-order valence-electron chi connectivity index (χ3n) is 2.24. The molecule has 0 aromatic heterocycles. The maximum absolute atomic E-state index is 11.4. The van der Waals surface area contributed by atoms with Crippen molar-refractivity contribution >= 4 is 29.3 Å². The molecular weight excluding hydrogens is 240 g/mol. The van der Waals surface area contributed by atoms with Crippen molar-refractivity contribution in [2.75, 3.05) is 5.32 Å². The van der Waals surface area contributed by atoms with Crippen molar-refractivity contribution in [3.63, 3.8) is 0 Å². The van der Waals surface area contributed by atoms with E-state index in [1.807, 2.05) is 19.9 Å². The molecule has 0 aliphatic heterocycles. The van der Waals surface area contributed by atoms with Gasteiger partial charge in [0, 0.05) is 0 Å². The van der Waals surface area contributed by atoms with Crippen molar-refractivity contribution in [3.8, 4) is 0 Å². The van der Waals surface area contributed by atoms with Gasteiger partial charge >= 0.3 is 6.03 Å². The highest BCUT2D eigenvalue weighted by atomic mass is 35.5. The van der Waals surface area contributed by atoms with Crippen LogP contribution in [0.3, 0.4) is 0 Å². The highest BCUT2D eigenvalue weighted by Gasteiger charge is 2.10. The zero-order valence-corrected chi connectivity index (χ0v) is 10.5. The fourth-order valence-corrected chi connectivity index (χ4v) is 1.78. The summed E-state index contributed by atoms with van der Waals surface area (Å²) >= 11 is 6.07. The Bertz CT molecular complexity index is 436. The van der Waals surface area contributed by atoms with Gasteiger partial charge in [-0.15, -0.1) is 0 Å². The quantitative estimate of drug-likeness (QED) is 0.481. The van der Waals surface area contributed by atoms with E-state index in [4.69, 9.17) is 22.7 Å². The summed E-state index contributed by atoms with van der Waals surface area (Å²) in [7, 11) is 0. The minimum atomic E-state index is -0.577. The zero-order valence-electron chi connectivity index (χ0n) is 9.73. The maximum atomic E-state index is 11.4. The number of nitrogens with one attached hydrogen (secondary N) is 3. The first-order chi connectivity index (χ1) is 7.93. The number of anilines is 1. The van der Waals surface area contributed by atoms with Crippen LogP contribution in [0.15, 0.2) is 12.1 Å². The van der Waals surface area contributed by atoms with Crippen molar-refractivity contribution in [1.82, 2.24) is 5.32 Å². The van der Waals surface area contributed by atoms with Crippen LogP contribution in [-0.2, 0) is 6.42 Å². The predicted octanol–water partition coefficient (Wildman–Crippen LogP) is 2.23. The first-order valence-electron chi connectivity index (χ1n) is 5.15. The molecule has 0 bridgehead atoms. The number of urea groups is 1. The Morgan fingerprint density at radius 1 is 1.53 bits per heavy atom. The van der Waals surface area contributed by atoms with E-state index in [2.05, 4.69) is 10.6 Å². The van der Waals surface area contributed by atoms with Gasteiger partial charge in [-0.25, -0.2) is 4.79 Å². The van der Waals surface area contributed by atoms with E-state index < -0.39 is 12.0 Å². The van der Waals surface area contributed by atoms with E-state index in [-0.39, 0.29) is 0 Å². The summed E-state index contributed by atoms with van der Waals surface area (Å²) in [4.78, 5) is 11.4. The lowest BCUT2D eigenvalue weighted by atomic mass is 10.1. The van der Waals surface area contributed by atoms with Gasteiger partial charge in [0.1, 0.15) is 0 Å². The van der Waals surface area contributed by atoms with E-state index >= 15 is 0 Å². The number of carbonyl (C=O) groups is 1. The molecule has 0 saturated heterocycles. The van der Waals surface area contributed by atoms with Crippen LogP contribution >= 0.6 is 11.6 Å². The highest BCUT2D eigenvalue weighted by molar-refractivity contribution is 6.34. The van der Waals surface area contributed by atoms with Gasteiger partial charge < -0.3 is 11.1 Å². The number of halogens is 1. The lowest BCUT2D eigenvalue weighted by Crippen LogP contribution is -2.38. The number of benzene rings is 1. The number of nitrogens with two attached hydrogens (primary N) is 1. The lowest BCUT2D eigenvalue weighted by Gasteiger charge is -2.12. The van der Waals surface area contributed by atoms with E-state index in [9.17, 15) is 4.79 Å². The average Bonchev–Trinajstić information content (AvgIpc) is 2.22. The molecule has 5 N–H and O–H groups in total. The molecule has 0 unspecified atom stereocenters. The third kappa shape index (κ3) is 3.64. The van der Waals surface area contributed by atoms with Gasteiger partial charge in [0.2, 0.25) is 0 Å². The van der Waals surface area contributed by atoms with Gasteiger partial charge in [-0.05, 0) is 30.5 Å². The van der Waals surface area contributed by atoms with Crippen LogP contribution in [0.2, 0.25) is 5.02 Å². The van der Waals surface area contributed by atoms with Crippen LogP contribution in [0, 0.1) is 12.3 Å². The molecule has 0 fully saturated rings. The largest absolute Gasteiger partial charge is 0.370 e. The van der Waals surface area contributed by atoms with E-state index in [1.54, 1.807) is 6.07 Å². The minimum Gasteiger partial charge on any atom is -0.370 e. The fraction of sp³-hybridized carbons (Fsp3) is 0.273. The van der Waals surface area contributed by atoms with E-state index in [1.165, 1.54) is 0 Å². The SMILES string of the molecule is CCc1cc(C)c(NC(=O)NC(=N)N)c(Cl)c1. The van der Waals surface area contributed by atoms with Crippen molar-refractivity contribution in [2.45, 2.75) is 20.3 Å². The molecule has 0 heterocycles. The second-order valence-electron chi connectivity index (χ2n) is 3.62. The molecule has 6 heteroatoms. The Kier molecular flexibility index (Phi) is 4.34. The Balaban J connectivity index is 2.91. The van der Waals surface area contributed by atoms with Crippen LogP contribution in [-0.4, -0.2) is 12.0 Å². The normalized spacial score (nSPS) is 9.82. The smallest absolute Gasteiger partial charge is 0.326 e. The van der Waals surface area contributed by atoms with Crippen molar-refractivity contribution in [3.05, 3.63) is 28.3 Å². The number of rotatable bonds is 2. The van der Waals surface area contributed by atoms with Gasteiger partial charge in [0.15, 0.2) is 5.96 Å². The average molecular weight is 255 g/mol. The molecule has 0 saturated carbocycles. The molecule has 1 rings (SSSR count). The van der Waals surface area contributed by atoms with E-state index in [0.29, 0.717) is 10.7 Å². The van der Waals surface area contributed by atoms with Crippen molar-refractivity contribution < 1.29 is 4.79 Å². The van der Waals surface area contributed by atoms with Gasteiger partial charge in [0.25, 0.3) is 0 Å². The molecule has 0 radical (unpaired) electrons. The van der Waals surface area contributed by atoms with Crippen LogP contribution in [0.25, 0.3) is 0 Å². The van der Waals surface area contributed by atoms with Crippen LogP contribution < -0.4 is 16.4 Å². The second kappa shape index (κ2) is 5.54. The summed E-state index contributed by atoms with van der Waals surface area (Å²) < 4.78 is 0. The van der Waals surface area contributed by atoms with E-state index in [0.717, 1.165) is 17.5 Å². The summed E-state index contributed by atoms with van der Waals surface area (Å²) in [6.07, 6.45) is 0.875. The van der Waals surface area contributed by atoms with Gasteiger partial charge in [-0.1, -0.05) is 24.6 Å². The summed E-state index contributed by atoms with van der Waals surface area (Å²) in [6, 6.07) is 3.18. The monoisotopic (exact) mass is 254 g/mol. The molecule has 5 nitrogen and oxygen atoms in total. The minimum absolute atomic E-state index is 0.415. The molecular formula is C11H15ClN4O. The second-order valence-corrected chi connectivity index (χ2v) is 4.02. The topological polar surface area (TPSA) is 91.0 Å². The highest BCUT2D eigenvalue weighted by Crippen LogP contribution is 2.27. The number of amides is 2. The van der Waals surface area contributed by atoms with Crippen LogP contribution in [0.1, 0.15) is 18.1 Å². The molecule has 0 aliphatic carbocycles. The first kappa shape index (κ1) is 13.3. The molecule has 1 aromatic rings. The molecule has 0 atom stereocenters. The summed E-state index contributed by atoms with van der Waals surface area (Å²) in [5.41, 5.74) is 7.55. The summed E-state index contributed by atoms with van der Waals surface area (Å²) in [5, 5.41) is 12.1. The number of hydrogen-bond acceptors (Lipinski definition) is 2. The maximum Gasteiger partial charge on any atom is 0.326 e. The Morgan fingerprint density at radius 2 is 2.18 bits per heavy atom. The van der Waals surface area contributed by atoms with Crippen molar-refractivity contribution in [2.24, 2.45) is 5.73 Å². The summed E-state index contributed by atoms with van der Waals surface area (Å²) in [6.45, 7) is 3.88. The molecule has 17 heavy (non-hydrogen) atoms. The number of guanidine groups is 1. The standard InChI is InChI=1S/C11H15ClN4O/c1-3-7-4-6(2)9(8(12)5-7)15-11(17)16-10(13)14/h4-5H,3H2,1-2H3,(H5,13,14,15,16,17). The summed E-state index contributed by atoms with van der Waals surface area (Å²) in [5.74, 6) is -0.415. The number of carbonyl (C=O) groups excluding carboxylic acids is 1. The molecule has 92 valence electrons. The van der Waals surface area contributed by atoms with Gasteiger partial charge in [-0.2, -0.15) is 0 Å². The van der Waals surface area contributed by atoms with Crippen molar-refractivity contribution in [1.29, 1.82) is 5.41 Å². The van der Waals surface area contributed by atoms with Crippen LogP contribution in [0.4, 0.5) is 10.5 Å². The predicted molar refractivity (Wildman–Crippen MR) is 69.6 cm³/mol. The zero-order chi connectivity index (χ0) is 13.0. The molecule has 2 amide bonds. The fourth-order valence-electron chi connectivity index (χ4n) is 1.44. The first-order valence-corrected chi connectivity index (χ1v) is 5.53. The Morgan fingerprint density at radius 3 is 2.65 bits per heavy atom. The molecule has 0 aliphatic rings. The third-order valence-corrected chi connectivity index (χ3v) is 2.54. The lowest BCUT2D eigenvalue weighted by molar-refractivity contribution is 0.256. The Hall–Kier alpha value is -1.75. The Labute approximate surface area is 105 Å². The molecule has 0 spiro atoms. The number of aryl methyl sites for hydroxylation is 2. The van der Waals surface area contributed by atoms with Gasteiger partial charge in [-0.3, -0.25) is 10.7 Å². The van der Waals surface area contributed by atoms with Crippen LogP contribution in [0.5, 0.6) is 0 Å².